The van der Waals surface area contributed by atoms with Gasteiger partial charge in [0.05, 0.1) is 20.3 Å². The third-order valence-electron chi connectivity index (χ3n) is 2.93. The van der Waals surface area contributed by atoms with E-state index in [2.05, 4.69) is 5.32 Å². The monoisotopic (exact) mass is 237 g/mol. The SMILES string of the molecule is COc1ccc(NCC2(C(=O)O)COC2)cc1. The minimum Gasteiger partial charge on any atom is -0.497 e. The molecule has 0 amide bonds. The number of carboxylic acid groups (broad SMARTS) is 1. The fourth-order valence-electron chi connectivity index (χ4n) is 1.63. The second-order valence-corrected chi connectivity index (χ2v) is 4.16. The highest BCUT2D eigenvalue weighted by atomic mass is 16.5. The van der Waals surface area contributed by atoms with Crippen molar-refractivity contribution in [2.45, 2.75) is 0 Å². The van der Waals surface area contributed by atoms with Gasteiger partial charge in [-0.1, -0.05) is 0 Å². The lowest BCUT2D eigenvalue weighted by Gasteiger charge is -2.37. The van der Waals surface area contributed by atoms with Crippen molar-refractivity contribution in [1.29, 1.82) is 0 Å². The van der Waals surface area contributed by atoms with Gasteiger partial charge in [-0.3, -0.25) is 4.79 Å². The molecule has 1 aromatic carbocycles. The molecule has 1 aliphatic heterocycles. The van der Waals surface area contributed by atoms with Gasteiger partial charge in [-0.25, -0.2) is 0 Å². The molecule has 5 nitrogen and oxygen atoms in total. The van der Waals surface area contributed by atoms with E-state index in [1.807, 2.05) is 24.3 Å². The van der Waals surface area contributed by atoms with E-state index < -0.39 is 11.4 Å². The zero-order valence-electron chi connectivity index (χ0n) is 9.60. The molecule has 0 radical (unpaired) electrons. The molecule has 1 aromatic rings. The average molecular weight is 237 g/mol. The number of nitrogens with one attached hydrogen (secondary N) is 1. The molecule has 1 saturated heterocycles. The van der Waals surface area contributed by atoms with Gasteiger partial charge in [-0.05, 0) is 24.3 Å². The number of benzene rings is 1. The van der Waals surface area contributed by atoms with Crippen molar-refractivity contribution < 1.29 is 19.4 Å². The van der Waals surface area contributed by atoms with Crippen LogP contribution in [0.25, 0.3) is 0 Å². The van der Waals surface area contributed by atoms with Gasteiger partial charge in [0.15, 0.2) is 0 Å². The number of hydrogen-bond acceptors (Lipinski definition) is 4. The molecule has 2 N–H and O–H groups in total. The lowest BCUT2D eigenvalue weighted by Crippen LogP contribution is -2.53. The number of rotatable bonds is 5. The van der Waals surface area contributed by atoms with Gasteiger partial charge in [0.2, 0.25) is 0 Å². The first-order chi connectivity index (χ1) is 8.16. The maximum atomic E-state index is 11.1. The summed E-state index contributed by atoms with van der Waals surface area (Å²) in [6.07, 6.45) is 0. The Kier molecular flexibility index (Phi) is 3.19. The third kappa shape index (κ3) is 2.34. The Morgan fingerprint density at radius 1 is 1.47 bits per heavy atom. The molecule has 0 spiro atoms. The Balaban J connectivity index is 1.94. The Labute approximate surface area is 99.3 Å². The summed E-state index contributed by atoms with van der Waals surface area (Å²) in [7, 11) is 1.60. The molecule has 1 heterocycles. The zero-order chi connectivity index (χ0) is 12.3. The predicted octanol–water partition coefficient (Wildman–Crippen LogP) is 1.21. The van der Waals surface area contributed by atoms with E-state index in [4.69, 9.17) is 14.6 Å². The topological polar surface area (TPSA) is 67.8 Å². The lowest BCUT2D eigenvalue weighted by molar-refractivity contribution is -0.176. The van der Waals surface area contributed by atoms with E-state index in [-0.39, 0.29) is 13.2 Å². The molecule has 2 rings (SSSR count). The minimum absolute atomic E-state index is 0.269. The van der Waals surface area contributed by atoms with Crippen LogP contribution >= 0.6 is 0 Å². The fourth-order valence-corrected chi connectivity index (χ4v) is 1.63. The van der Waals surface area contributed by atoms with Crippen molar-refractivity contribution in [2.24, 2.45) is 5.41 Å². The van der Waals surface area contributed by atoms with Crippen LogP contribution in [-0.4, -0.2) is 37.9 Å². The Hall–Kier alpha value is -1.75. The van der Waals surface area contributed by atoms with E-state index in [9.17, 15) is 4.79 Å². The van der Waals surface area contributed by atoms with E-state index in [0.29, 0.717) is 6.54 Å². The molecule has 0 saturated carbocycles. The second-order valence-electron chi connectivity index (χ2n) is 4.16. The van der Waals surface area contributed by atoms with E-state index in [1.165, 1.54) is 0 Å². The van der Waals surface area contributed by atoms with Gasteiger partial charge >= 0.3 is 5.97 Å². The van der Waals surface area contributed by atoms with Crippen LogP contribution in [0.2, 0.25) is 0 Å². The van der Waals surface area contributed by atoms with Crippen molar-refractivity contribution >= 4 is 11.7 Å². The standard InChI is InChI=1S/C12H15NO4/c1-16-10-4-2-9(3-5-10)13-6-12(11(14)15)7-17-8-12/h2-5,13H,6-8H2,1H3,(H,14,15). The highest BCUT2D eigenvalue weighted by molar-refractivity contribution is 5.77. The molecule has 0 aliphatic carbocycles. The molecule has 92 valence electrons. The van der Waals surface area contributed by atoms with Crippen LogP contribution in [0.15, 0.2) is 24.3 Å². The largest absolute Gasteiger partial charge is 0.497 e. The van der Waals surface area contributed by atoms with Gasteiger partial charge < -0.3 is 19.9 Å². The average Bonchev–Trinajstić information content (AvgIpc) is 2.28. The summed E-state index contributed by atoms with van der Waals surface area (Å²) in [6, 6.07) is 7.36. The van der Waals surface area contributed by atoms with Crippen molar-refractivity contribution in [3.05, 3.63) is 24.3 Å². The van der Waals surface area contributed by atoms with Crippen LogP contribution in [0, 0.1) is 5.41 Å². The number of hydrogen-bond donors (Lipinski definition) is 2. The number of ether oxygens (including phenoxy) is 2. The first kappa shape index (κ1) is 11.7. The molecule has 0 atom stereocenters. The van der Waals surface area contributed by atoms with Crippen LogP contribution in [-0.2, 0) is 9.53 Å². The summed E-state index contributed by atoms with van der Waals surface area (Å²) < 4.78 is 10.0. The Morgan fingerprint density at radius 3 is 2.53 bits per heavy atom. The maximum Gasteiger partial charge on any atom is 0.316 e. The summed E-state index contributed by atoms with van der Waals surface area (Å²) in [6.45, 7) is 0.908. The highest BCUT2D eigenvalue weighted by Crippen LogP contribution is 2.28. The number of carboxylic acids is 1. The molecule has 0 bridgehead atoms. The van der Waals surface area contributed by atoms with E-state index in [0.717, 1.165) is 11.4 Å². The highest BCUT2D eigenvalue weighted by Gasteiger charge is 2.46. The molecule has 1 aliphatic rings. The van der Waals surface area contributed by atoms with E-state index >= 15 is 0 Å². The number of methoxy groups -OCH3 is 1. The minimum atomic E-state index is -0.815. The number of anilines is 1. The fraction of sp³-hybridized carbons (Fsp3) is 0.417. The molecule has 1 fully saturated rings. The summed E-state index contributed by atoms with van der Waals surface area (Å²) in [5.74, 6) is -0.0414. The summed E-state index contributed by atoms with van der Waals surface area (Å²) in [4.78, 5) is 11.1. The Bertz CT molecular complexity index is 397. The second kappa shape index (κ2) is 4.63. The molecule has 5 heteroatoms. The number of aliphatic carboxylic acids is 1. The van der Waals surface area contributed by atoms with E-state index in [1.54, 1.807) is 7.11 Å². The van der Waals surface area contributed by atoms with Crippen molar-refractivity contribution in [3.63, 3.8) is 0 Å². The first-order valence-corrected chi connectivity index (χ1v) is 5.35. The summed E-state index contributed by atoms with van der Waals surface area (Å²) in [5.41, 5.74) is 0.0956. The van der Waals surface area contributed by atoms with Crippen LogP contribution in [0.3, 0.4) is 0 Å². The lowest BCUT2D eigenvalue weighted by atomic mass is 9.86. The maximum absolute atomic E-state index is 11.1. The van der Waals surface area contributed by atoms with Crippen LogP contribution in [0.4, 0.5) is 5.69 Å². The first-order valence-electron chi connectivity index (χ1n) is 5.35. The van der Waals surface area contributed by atoms with Gasteiger partial charge in [0.1, 0.15) is 11.2 Å². The zero-order valence-corrected chi connectivity index (χ0v) is 9.60. The summed E-state index contributed by atoms with van der Waals surface area (Å²) in [5, 5.41) is 12.2. The van der Waals surface area contributed by atoms with Crippen LogP contribution in [0.5, 0.6) is 5.75 Å². The molecule has 17 heavy (non-hydrogen) atoms. The molecule has 0 aromatic heterocycles. The molecule has 0 unspecified atom stereocenters. The van der Waals surface area contributed by atoms with Crippen molar-refractivity contribution in [1.82, 2.24) is 0 Å². The van der Waals surface area contributed by atoms with Crippen molar-refractivity contribution in [3.8, 4) is 5.75 Å². The third-order valence-corrected chi connectivity index (χ3v) is 2.93. The Morgan fingerprint density at radius 2 is 2.12 bits per heavy atom. The predicted molar refractivity (Wildman–Crippen MR) is 62.4 cm³/mol. The normalized spacial score (nSPS) is 17.0. The van der Waals surface area contributed by atoms with Gasteiger partial charge in [-0.2, -0.15) is 0 Å². The smallest absolute Gasteiger partial charge is 0.316 e. The number of carbonyl (C=O) groups is 1. The quantitative estimate of drug-likeness (QED) is 0.805. The van der Waals surface area contributed by atoms with Gasteiger partial charge in [-0.15, -0.1) is 0 Å². The van der Waals surface area contributed by atoms with Crippen LogP contribution in [0.1, 0.15) is 0 Å². The van der Waals surface area contributed by atoms with Crippen LogP contribution < -0.4 is 10.1 Å². The molecular weight excluding hydrogens is 222 g/mol. The van der Waals surface area contributed by atoms with Crippen molar-refractivity contribution in [2.75, 3.05) is 32.2 Å². The van der Waals surface area contributed by atoms with Gasteiger partial charge in [0, 0.05) is 12.2 Å². The summed E-state index contributed by atoms with van der Waals surface area (Å²) >= 11 is 0. The van der Waals surface area contributed by atoms with Gasteiger partial charge in [0.25, 0.3) is 0 Å². The molecular formula is C12H15NO4.